The van der Waals surface area contributed by atoms with E-state index in [0.29, 0.717) is 36.8 Å². The Morgan fingerprint density at radius 1 is 1.13 bits per heavy atom. The van der Waals surface area contributed by atoms with Gasteiger partial charge in [-0.1, -0.05) is 0 Å². The smallest absolute Gasteiger partial charge is 0.409 e. The molecule has 7 heteroatoms. The highest BCUT2D eigenvalue weighted by molar-refractivity contribution is 6.10. The molecule has 1 aromatic carbocycles. The number of fused-ring (bicyclic) bond motifs is 3. The van der Waals surface area contributed by atoms with Gasteiger partial charge in [-0.05, 0) is 67.2 Å². The molecule has 0 aromatic heterocycles. The Labute approximate surface area is 177 Å². The number of benzene rings is 1. The highest BCUT2D eigenvalue weighted by atomic mass is 16.6. The molecule has 2 aliphatic rings. The molecule has 2 aliphatic carbocycles. The van der Waals surface area contributed by atoms with Crippen molar-refractivity contribution in [1.29, 1.82) is 0 Å². The Morgan fingerprint density at radius 2 is 1.83 bits per heavy atom. The summed E-state index contributed by atoms with van der Waals surface area (Å²) in [5, 5.41) is 0. The van der Waals surface area contributed by atoms with Crippen molar-refractivity contribution >= 4 is 17.4 Å². The molecule has 0 spiro atoms. The lowest BCUT2D eigenvalue weighted by molar-refractivity contribution is -0.114. The monoisotopic (exact) mass is 415 g/mol. The van der Waals surface area contributed by atoms with Gasteiger partial charge in [0.25, 0.3) is 0 Å². The van der Waals surface area contributed by atoms with Crippen molar-refractivity contribution in [2.45, 2.75) is 26.2 Å². The number of rotatable bonds is 7. The van der Waals surface area contributed by atoms with Gasteiger partial charge in [0.05, 0.1) is 27.9 Å². The summed E-state index contributed by atoms with van der Waals surface area (Å²) >= 11 is 0. The largest absolute Gasteiger partial charge is 0.493 e. The summed E-state index contributed by atoms with van der Waals surface area (Å²) in [4.78, 5) is 26.3. The summed E-state index contributed by atoms with van der Waals surface area (Å²) in [7, 11) is 6.43. The van der Waals surface area contributed by atoms with Crippen LogP contribution >= 0.6 is 0 Å². The predicted molar refractivity (Wildman–Crippen MR) is 113 cm³/mol. The fourth-order valence-corrected chi connectivity index (χ4v) is 4.22. The van der Waals surface area contributed by atoms with E-state index >= 15 is 0 Å². The van der Waals surface area contributed by atoms with Crippen molar-refractivity contribution < 1.29 is 28.5 Å². The molecule has 0 bridgehead atoms. The molecule has 30 heavy (non-hydrogen) atoms. The van der Waals surface area contributed by atoms with Gasteiger partial charge in [-0.25, -0.2) is 4.79 Å². The maximum atomic E-state index is 12.6. The zero-order chi connectivity index (χ0) is 21.9. The molecule has 162 valence electrons. The highest BCUT2D eigenvalue weighted by Crippen LogP contribution is 2.52. The molecule has 0 saturated heterocycles. The topological polar surface area (TPSA) is 74.3 Å². The summed E-state index contributed by atoms with van der Waals surface area (Å²) in [5.74, 6) is 1.46. The molecule has 0 N–H and O–H groups in total. The maximum absolute atomic E-state index is 12.6. The van der Waals surface area contributed by atoms with Crippen LogP contribution in [0.5, 0.6) is 11.5 Å². The fraction of sp³-hybridized carbons (Fsp3) is 0.478. The van der Waals surface area contributed by atoms with Crippen molar-refractivity contribution in [2.75, 3.05) is 41.5 Å². The van der Waals surface area contributed by atoms with E-state index in [1.165, 1.54) is 7.11 Å². The lowest BCUT2D eigenvalue weighted by Gasteiger charge is -2.41. The predicted octanol–water partition coefficient (Wildman–Crippen LogP) is 3.61. The summed E-state index contributed by atoms with van der Waals surface area (Å²) in [6.07, 6.45) is 5.46. The number of allylic oxidation sites excluding steroid dienone is 3. The van der Waals surface area contributed by atoms with Gasteiger partial charge in [-0.3, -0.25) is 4.79 Å². The van der Waals surface area contributed by atoms with Crippen LogP contribution in [-0.2, 0) is 20.7 Å². The number of ether oxygens (including phenoxy) is 4. The van der Waals surface area contributed by atoms with E-state index in [1.807, 2.05) is 18.2 Å². The van der Waals surface area contributed by atoms with Crippen LogP contribution in [0.1, 0.15) is 30.9 Å². The number of methoxy groups -OCH3 is 3. The number of aryl methyl sites for hydroxylation is 1. The fourth-order valence-electron chi connectivity index (χ4n) is 4.22. The molecule has 3 rings (SSSR count). The molecule has 0 fully saturated rings. The number of hydrogen-bond acceptors (Lipinski definition) is 6. The Morgan fingerprint density at radius 3 is 2.47 bits per heavy atom. The second-order valence-corrected chi connectivity index (χ2v) is 7.53. The molecular weight excluding hydrogens is 386 g/mol. The minimum absolute atomic E-state index is 0.162. The lowest BCUT2D eigenvalue weighted by atomic mass is 9.63. The zero-order valence-corrected chi connectivity index (χ0v) is 18.2. The van der Waals surface area contributed by atoms with Crippen molar-refractivity contribution in [3.63, 3.8) is 0 Å². The maximum Gasteiger partial charge on any atom is 0.409 e. The summed E-state index contributed by atoms with van der Waals surface area (Å²) < 4.78 is 21.4. The van der Waals surface area contributed by atoms with Crippen LogP contribution in [0.4, 0.5) is 4.79 Å². The van der Waals surface area contributed by atoms with Gasteiger partial charge >= 0.3 is 6.09 Å². The van der Waals surface area contributed by atoms with Gasteiger partial charge in [-0.15, -0.1) is 0 Å². The van der Waals surface area contributed by atoms with E-state index in [9.17, 15) is 9.59 Å². The van der Waals surface area contributed by atoms with E-state index in [1.54, 1.807) is 39.2 Å². The van der Waals surface area contributed by atoms with Crippen molar-refractivity contribution in [3.8, 4) is 11.5 Å². The number of ketones is 1. The summed E-state index contributed by atoms with van der Waals surface area (Å²) in [5.41, 5.74) is 2.58. The minimum Gasteiger partial charge on any atom is -0.493 e. The van der Waals surface area contributed by atoms with E-state index < -0.39 is 5.41 Å². The van der Waals surface area contributed by atoms with Crippen LogP contribution in [-0.4, -0.2) is 58.3 Å². The Bertz CT molecular complexity index is 903. The molecular formula is C23H29NO6. The first kappa shape index (κ1) is 21.7. The Hall–Kier alpha value is -2.96. The van der Waals surface area contributed by atoms with Crippen LogP contribution in [0, 0.1) is 5.41 Å². The standard InChI is InChI=1S/C23H29NO6/c1-6-30-22(26)24(2)10-9-23-8-7-15-11-19(27-3)20(28-4)12-16(15)17(23)13-18(25)21(14-23)29-5/h11-14H,6-10H2,1-5H3. The first-order valence-corrected chi connectivity index (χ1v) is 10.1. The van der Waals surface area contributed by atoms with Gasteiger partial charge in [0.15, 0.2) is 17.3 Å². The third kappa shape index (κ3) is 3.88. The normalized spacial score (nSPS) is 19.7. The van der Waals surface area contributed by atoms with Crippen LogP contribution in [0.25, 0.3) is 5.57 Å². The number of carbonyl (C=O) groups excluding carboxylic acids is 2. The van der Waals surface area contributed by atoms with Gasteiger partial charge in [0.2, 0.25) is 5.78 Å². The molecule has 1 amide bonds. The van der Waals surface area contributed by atoms with Crippen molar-refractivity contribution in [3.05, 3.63) is 41.2 Å². The number of carbonyl (C=O) groups is 2. The summed E-state index contributed by atoms with van der Waals surface area (Å²) in [6, 6.07) is 3.91. The molecule has 0 aliphatic heterocycles. The number of hydrogen-bond donors (Lipinski definition) is 0. The van der Waals surface area contributed by atoms with Crippen molar-refractivity contribution in [1.82, 2.24) is 4.90 Å². The quantitative estimate of drug-likeness (QED) is 0.677. The third-order valence-corrected chi connectivity index (χ3v) is 5.89. The van der Waals surface area contributed by atoms with Crippen LogP contribution in [0.3, 0.4) is 0 Å². The average Bonchev–Trinajstić information content (AvgIpc) is 2.76. The van der Waals surface area contributed by atoms with Crippen molar-refractivity contribution in [2.24, 2.45) is 5.41 Å². The molecule has 0 heterocycles. The molecule has 0 saturated carbocycles. The minimum atomic E-state index is -0.424. The van der Waals surface area contributed by atoms with Gasteiger partial charge in [0, 0.05) is 19.0 Å². The zero-order valence-electron chi connectivity index (χ0n) is 18.2. The second-order valence-electron chi connectivity index (χ2n) is 7.53. The van der Waals surface area contributed by atoms with E-state index in [-0.39, 0.29) is 11.9 Å². The molecule has 1 atom stereocenters. The van der Waals surface area contributed by atoms with E-state index in [0.717, 1.165) is 29.5 Å². The molecule has 1 unspecified atom stereocenters. The van der Waals surface area contributed by atoms with Crippen LogP contribution < -0.4 is 9.47 Å². The van der Waals surface area contributed by atoms with Crippen LogP contribution in [0.15, 0.2) is 30.0 Å². The SMILES string of the molecule is CCOC(=O)N(C)CCC12C=C(OC)C(=O)C=C1c1cc(OC)c(OC)cc1CC2. The highest BCUT2D eigenvalue weighted by Gasteiger charge is 2.42. The first-order valence-electron chi connectivity index (χ1n) is 10.1. The first-order chi connectivity index (χ1) is 14.4. The van der Waals surface area contributed by atoms with Crippen LogP contribution in [0.2, 0.25) is 0 Å². The third-order valence-electron chi connectivity index (χ3n) is 5.89. The van der Waals surface area contributed by atoms with Gasteiger partial charge < -0.3 is 23.8 Å². The Balaban J connectivity index is 2.02. The second kappa shape index (κ2) is 8.81. The van der Waals surface area contributed by atoms with Gasteiger partial charge in [0.1, 0.15) is 0 Å². The molecule has 0 radical (unpaired) electrons. The number of amides is 1. The number of nitrogens with zero attached hydrogens (tertiary/aromatic N) is 1. The van der Waals surface area contributed by atoms with E-state index in [4.69, 9.17) is 18.9 Å². The van der Waals surface area contributed by atoms with E-state index in [2.05, 4.69) is 0 Å². The average molecular weight is 415 g/mol. The molecule has 7 nitrogen and oxygen atoms in total. The van der Waals surface area contributed by atoms with Gasteiger partial charge in [-0.2, -0.15) is 0 Å². The Kier molecular flexibility index (Phi) is 6.39. The molecule has 1 aromatic rings. The summed E-state index contributed by atoms with van der Waals surface area (Å²) in [6.45, 7) is 2.60. The lowest BCUT2D eigenvalue weighted by Crippen LogP contribution is -2.36.